The Morgan fingerprint density at radius 1 is 0.931 bits per heavy atom. The van der Waals surface area contributed by atoms with E-state index < -0.39 is 10.0 Å². The van der Waals surface area contributed by atoms with Crippen molar-refractivity contribution in [1.29, 1.82) is 0 Å². The van der Waals surface area contributed by atoms with E-state index in [9.17, 15) is 8.42 Å². The molecule has 0 unspecified atom stereocenters. The van der Waals surface area contributed by atoms with E-state index in [2.05, 4.69) is 17.1 Å². The quantitative estimate of drug-likeness (QED) is 0.458. The molecule has 1 aromatic heterocycles. The summed E-state index contributed by atoms with van der Waals surface area (Å²) in [6, 6.07) is 24.1. The first-order valence-electron chi connectivity index (χ1n) is 9.72. The lowest BCUT2D eigenvalue weighted by atomic mass is 10.1. The maximum atomic E-state index is 13.4. The number of anilines is 1. The zero-order valence-electron chi connectivity index (χ0n) is 16.2. The summed E-state index contributed by atoms with van der Waals surface area (Å²) < 4.78 is 28.2. The molecule has 0 saturated carbocycles. The molecule has 0 saturated heterocycles. The summed E-state index contributed by atoms with van der Waals surface area (Å²) in [5.74, 6) is 0. The van der Waals surface area contributed by atoms with Crippen molar-refractivity contribution in [3.05, 3.63) is 78.9 Å². The summed E-state index contributed by atoms with van der Waals surface area (Å²) in [6.07, 6.45) is 1.69. The van der Waals surface area contributed by atoms with Gasteiger partial charge in [-0.25, -0.2) is 8.42 Å². The van der Waals surface area contributed by atoms with Gasteiger partial charge in [0, 0.05) is 17.5 Å². The van der Waals surface area contributed by atoms with Crippen molar-refractivity contribution in [3.8, 4) is 11.3 Å². The second-order valence-electron chi connectivity index (χ2n) is 6.91. The van der Waals surface area contributed by atoms with E-state index in [1.165, 1.54) is 4.31 Å². The summed E-state index contributed by atoms with van der Waals surface area (Å²) in [7, 11) is -3.65. The molecular formula is C23H23N3O2S. The number of hydrogen-bond donors (Lipinski definition) is 1. The van der Waals surface area contributed by atoms with Crippen LogP contribution in [0.3, 0.4) is 0 Å². The zero-order valence-corrected chi connectivity index (χ0v) is 17.1. The fourth-order valence-corrected chi connectivity index (χ4v) is 4.90. The minimum atomic E-state index is -3.65. The van der Waals surface area contributed by atoms with Crippen molar-refractivity contribution in [2.24, 2.45) is 0 Å². The second-order valence-corrected chi connectivity index (χ2v) is 8.77. The van der Waals surface area contributed by atoms with Crippen molar-refractivity contribution >= 4 is 26.6 Å². The molecule has 0 spiro atoms. The normalized spacial score (nSPS) is 11.6. The first kappa shape index (κ1) is 19.2. The molecule has 0 radical (unpaired) electrons. The third-order valence-electron chi connectivity index (χ3n) is 4.93. The summed E-state index contributed by atoms with van der Waals surface area (Å²) in [5, 5.41) is 8.41. The largest absolute Gasteiger partial charge is 0.277 e. The van der Waals surface area contributed by atoms with Gasteiger partial charge in [-0.1, -0.05) is 61.9 Å². The van der Waals surface area contributed by atoms with Gasteiger partial charge in [-0.05, 0) is 36.8 Å². The SMILES string of the molecule is CCCCN(c1ccc2[nH]nc(-c3ccccc3)c2c1)S(=O)(=O)c1ccccc1. The van der Waals surface area contributed by atoms with Gasteiger partial charge in [-0.15, -0.1) is 0 Å². The molecule has 0 aliphatic rings. The van der Waals surface area contributed by atoms with E-state index in [0.29, 0.717) is 17.1 Å². The molecule has 0 amide bonds. The van der Waals surface area contributed by atoms with Crippen molar-refractivity contribution < 1.29 is 8.42 Å². The Morgan fingerprint density at radius 3 is 2.31 bits per heavy atom. The Labute approximate surface area is 171 Å². The molecule has 4 rings (SSSR count). The van der Waals surface area contributed by atoms with E-state index >= 15 is 0 Å². The molecule has 29 heavy (non-hydrogen) atoms. The number of unbranched alkanes of at least 4 members (excludes halogenated alkanes) is 1. The molecule has 0 aliphatic heterocycles. The van der Waals surface area contributed by atoms with Crippen molar-refractivity contribution in [2.75, 3.05) is 10.8 Å². The van der Waals surface area contributed by atoms with Crippen LogP contribution in [-0.2, 0) is 10.0 Å². The van der Waals surface area contributed by atoms with Gasteiger partial charge < -0.3 is 0 Å². The first-order valence-corrected chi connectivity index (χ1v) is 11.2. The highest BCUT2D eigenvalue weighted by molar-refractivity contribution is 7.92. The van der Waals surface area contributed by atoms with Gasteiger partial charge in [0.2, 0.25) is 0 Å². The standard InChI is InChI=1S/C23H23N3O2S/c1-2-3-16-26(29(27,28)20-12-8-5-9-13-20)19-14-15-22-21(17-19)23(25-24-22)18-10-6-4-7-11-18/h4-15,17H,2-3,16H2,1H3,(H,24,25). The zero-order chi connectivity index (χ0) is 20.3. The Hall–Kier alpha value is -3.12. The van der Waals surface area contributed by atoms with Gasteiger partial charge in [0.25, 0.3) is 10.0 Å². The molecular weight excluding hydrogens is 382 g/mol. The Kier molecular flexibility index (Phi) is 5.36. The third kappa shape index (κ3) is 3.76. The monoisotopic (exact) mass is 405 g/mol. The highest BCUT2D eigenvalue weighted by atomic mass is 32.2. The molecule has 148 valence electrons. The number of H-pyrrole nitrogens is 1. The lowest BCUT2D eigenvalue weighted by molar-refractivity contribution is 0.588. The number of fused-ring (bicyclic) bond motifs is 1. The van der Waals surface area contributed by atoms with Gasteiger partial charge in [0.1, 0.15) is 0 Å². The van der Waals surface area contributed by atoms with Crippen LogP contribution < -0.4 is 4.31 Å². The molecule has 3 aromatic carbocycles. The number of nitrogens with zero attached hydrogens (tertiary/aromatic N) is 2. The Bertz CT molecular complexity index is 1200. The number of aromatic amines is 1. The van der Waals surface area contributed by atoms with Crippen LogP contribution in [0, 0.1) is 0 Å². The summed E-state index contributed by atoms with van der Waals surface area (Å²) in [6.45, 7) is 2.48. The van der Waals surface area contributed by atoms with Crippen molar-refractivity contribution in [1.82, 2.24) is 10.2 Å². The number of benzene rings is 3. The fourth-order valence-electron chi connectivity index (χ4n) is 3.38. The number of nitrogens with one attached hydrogen (secondary N) is 1. The predicted octanol–water partition coefficient (Wildman–Crippen LogP) is 5.23. The van der Waals surface area contributed by atoms with Crippen LogP contribution in [0.25, 0.3) is 22.2 Å². The number of sulfonamides is 1. The lowest BCUT2D eigenvalue weighted by Crippen LogP contribution is -2.32. The van der Waals surface area contributed by atoms with E-state index in [1.54, 1.807) is 24.3 Å². The molecule has 0 atom stereocenters. The fraction of sp³-hybridized carbons (Fsp3) is 0.174. The molecule has 5 nitrogen and oxygen atoms in total. The highest BCUT2D eigenvalue weighted by Gasteiger charge is 2.25. The van der Waals surface area contributed by atoms with Gasteiger partial charge >= 0.3 is 0 Å². The van der Waals surface area contributed by atoms with Crippen LogP contribution >= 0.6 is 0 Å². The van der Waals surface area contributed by atoms with Crippen LogP contribution in [0.5, 0.6) is 0 Å². The average Bonchev–Trinajstić information content (AvgIpc) is 3.18. The summed E-state index contributed by atoms with van der Waals surface area (Å²) in [5.41, 5.74) is 3.32. The molecule has 4 aromatic rings. The molecule has 0 bridgehead atoms. The van der Waals surface area contributed by atoms with E-state index in [1.807, 2.05) is 54.6 Å². The smallest absolute Gasteiger partial charge is 0.264 e. The van der Waals surface area contributed by atoms with Gasteiger partial charge in [-0.2, -0.15) is 5.10 Å². The maximum Gasteiger partial charge on any atom is 0.264 e. The topological polar surface area (TPSA) is 66.1 Å². The van der Waals surface area contributed by atoms with Gasteiger partial charge in [0.05, 0.1) is 21.8 Å². The van der Waals surface area contributed by atoms with Crippen molar-refractivity contribution in [2.45, 2.75) is 24.7 Å². The average molecular weight is 406 g/mol. The van der Waals surface area contributed by atoms with E-state index in [0.717, 1.165) is 35.0 Å². The van der Waals surface area contributed by atoms with Gasteiger partial charge in [-0.3, -0.25) is 9.40 Å². The summed E-state index contributed by atoms with van der Waals surface area (Å²) in [4.78, 5) is 0.298. The van der Waals surface area contributed by atoms with Crippen LogP contribution in [-0.4, -0.2) is 25.2 Å². The van der Waals surface area contributed by atoms with Crippen molar-refractivity contribution in [3.63, 3.8) is 0 Å². The molecule has 6 heteroatoms. The molecule has 1 N–H and O–H groups in total. The maximum absolute atomic E-state index is 13.4. The lowest BCUT2D eigenvalue weighted by Gasteiger charge is -2.24. The van der Waals surface area contributed by atoms with Crippen LogP contribution in [0.1, 0.15) is 19.8 Å². The van der Waals surface area contributed by atoms with E-state index in [-0.39, 0.29) is 0 Å². The molecule has 0 aliphatic carbocycles. The minimum Gasteiger partial charge on any atom is -0.277 e. The number of aromatic nitrogens is 2. The van der Waals surface area contributed by atoms with E-state index in [4.69, 9.17) is 0 Å². The number of hydrogen-bond acceptors (Lipinski definition) is 3. The summed E-state index contributed by atoms with van der Waals surface area (Å²) >= 11 is 0. The van der Waals surface area contributed by atoms with Gasteiger partial charge in [0.15, 0.2) is 0 Å². The molecule has 1 heterocycles. The molecule has 0 fully saturated rings. The van der Waals surface area contributed by atoms with Crippen LogP contribution in [0.15, 0.2) is 83.8 Å². The third-order valence-corrected chi connectivity index (χ3v) is 6.77. The first-order chi connectivity index (χ1) is 14.1. The van der Waals surface area contributed by atoms with Crippen LogP contribution in [0.2, 0.25) is 0 Å². The predicted molar refractivity (Wildman–Crippen MR) is 117 cm³/mol. The Morgan fingerprint density at radius 2 is 1.62 bits per heavy atom. The Balaban J connectivity index is 1.83. The minimum absolute atomic E-state index is 0.298. The highest BCUT2D eigenvalue weighted by Crippen LogP contribution is 2.32. The second kappa shape index (κ2) is 8.09. The number of rotatable bonds is 7. The van der Waals surface area contributed by atoms with Crippen LogP contribution in [0.4, 0.5) is 5.69 Å².